The first kappa shape index (κ1) is 18.2. The normalized spacial score (nSPS) is 14.6. The highest BCUT2D eigenvalue weighted by atomic mass is 16.1. The molecule has 6 nitrogen and oxygen atoms in total. The van der Waals surface area contributed by atoms with Gasteiger partial charge in [-0.2, -0.15) is 0 Å². The van der Waals surface area contributed by atoms with E-state index in [2.05, 4.69) is 24.1 Å². The molecule has 1 aromatic carbocycles. The van der Waals surface area contributed by atoms with Gasteiger partial charge in [0.1, 0.15) is 11.6 Å². The molecule has 0 atom stereocenters. The average molecular weight is 353 g/mol. The zero-order valence-electron chi connectivity index (χ0n) is 15.6. The molecule has 0 saturated carbocycles. The van der Waals surface area contributed by atoms with E-state index >= 15 is 0 Å². The molecule has 26 heavy (non-hydrogen) atoms. The minimum absolute atomic E-state index is 0.647. The molecule has 138 valence electrons. The number of hydrogen-bond donors (Lipinski definition) is 1. The van der Waals surface area contributed by atoms with Crippen LogP contribution in [0.5, 0.6) is 0 Å². The maximum Gasteiger partial charge on any atom is 0.209 e. The fourth-order valence-corrected chi connectivity index (χ4v) is 2.95. The minimum Gasteiger partial charge on any atom is -0.370 e. The molecule has 1 aromatic heterocycles. The van der Waals surface area contributed by atoms with E-state index in [0.29, 0.717) is 5.92 Å². The molecular weight excluding hydrogens is 326 g/mol. The van der Waals surface area contributed by atoms with Crippen molar-refractivity contribution in [3.63, 3.8) is 0 Å². The summed E-state index contributed by atoms with van der Waals surface area (Å²) in [4.78, 5) is 24.5. The fraction of sp³-hybridized carbons (Fsp3) is 0.450. The Hall–Kier alpha value is -2.63. The first-order valence-corrected chi connectivity index (χ1v) is 9.28. The standard InChI is InChI=1S/C20H27N5O/c1-16(2)8-9-21-18-14-19(25-12-10-24(15-26)11-13-25)23-20(22-18)17-6-4-3-5-7-17/h3-7,14-16H,8-13H2,1-2H3,(H,21,22,23). The van der Waals surface area contributed by atoms with Gasteiger partial charge in [0.05, 0.1) is 0 Å². The third-order valence-electron chi connectivity index (χ3n) is 4.56. The van der Waals surface area contributed by atoms with Crippen molar-refractivity contribution in [2.45, 2.75) is 20.3 Å². The van der Waals surface area contributed by atoms with Gasteiger partial charge < -0.3 is 15.1 Å². The number of piperazine rings is 1. The highest BCUT2D eigenvalue weighted by Gasteiger charge is 2.18. The van der Waals surface area contributed by atoms with Gasteiger partial charge in [0.2, 0.25) is 6.41 Å². The van der Waals surface area contributed by atoms with Gasteiger partial charge in [-0.15, -0.1) is 0 Å². The Morgan fingerprint density at radius 3 is 2.50 bits per heavy atom. The molecular formula is C20H27N5O. The van der Waals surface area contributed by atoms with E-state index in [0.717, 1.165) is 68.6 Å². The van der Waals surface area contributed by atoms with E-state index in [1.807, 2.05) is 36.4 Å². The van der Waals surface area contributed by atoms with Crippen molar-refractivity contribution in [3.8, 4) is 11.4 Å². The van der Waals surface area contributed by atoms with Gasteiger partial charge in [-0.1, -0.05) is 44.2 Å². The Bertz CT molecular complexity index is 711. The summed E-state index contributed by atoms with van der Waals surface area (Å²) < 4.78 is 0. The Morgan fingerprint density at radius 2 is 1.85 bits per heavy atom. The lowest BCUT2D eigenvalue weighted by molar-refractivity contribution is -0.118. The molecule has 1 aliphatic rings. The van der Waals surface area contributed by atoms with Gasteiger partial charge in [-0.3, -0.25) is 4.79 Å². The number of rotatable bonds is 7. The second kappa shape index (κ2) is 8.65. The van der Waals surface area contributed by atoms with Crippen LogP contribution in [0.15, 0.2) is 36.4 Å². The highest BCUT2D eigenvalue weighted by Crippen LogP contribution is 2.23. The third kappa shape index (κ3) is 4.71. The molecule has 1 saturated heterocycles. The highest BCUT2D eigenvalue weighted by molar-refractivity contribution is 5.62. The van der Waals surface area contributed by atoms with Crippen LogP contribution in [-0.4, -0.2) is 54.0 Å². The lowest BCUT2D eigenvalue weighted by atomic mass is 10.1. The number of hydrogen-bond acceptors (Lipinski definition) is 5. The number of nitrogens with one attached hydrogen (secondary N) is 1. The van der Waals surface area contributed by atoms with E-state index in [-0.39, 0.29) is 0 Å². The van der Waals surface area contributed by atoms with Crippen LogP contribution in [0.2, 0.25) is 0 Å². The molecule has 2 heterocycles. The topological polar surface area (TPSA) is 61.4 Å². The van der Waals surface area contributed by atoms with Crippen LogP contribution in [0.3, 0.4) is 0 Å². The lowest BCUT2D eigenvalue weighted by Crippen LogP contribution is -2.46. The number of benzene rings is 1. The van der Waals surface area contributed by atoms with E-state index in [1.165, 1.54) is 0 Å². The minimum atomic E-state index is 0.647. The Labute approximate surface area is 155 Å². The first-order valence-electron chi connectivity index (χ1n) is 9.28. The lowest BCUT2D eigenvalue weighted by Gasteiger charge is -2.33. The van der Waals surface area contributed by atoms with Crippen LogP contribution < -0.4 is 10.2 Å². The maximum atomic E-state index is 10.9. The van der Waals surface area contributed by atoms with Crippen molar-refractivity contribution in [2.75, 3.05) is 42.9 Å². The number of nitrogens with zero attached hydrogens (tertiary/aromatic N) is 4. The maximum absolute atomic E-state index is 10.9. The predicted octanol–water partition coefficient (Wildman–Crippen LogP) is 2.88. The van der Waals surface area contributed by atoms with Gasteiger partial charge in [-0.05, 0) is 12.3 Å². The second-order valence-corrected chi connectivity index (χ2v) is 7.04. The van der Waals surface area contributed by atoms with Crippen LogP contribution in [-0.2, 0) is 4.79 Å². The number of carbonyl (C=O) groups excluding carboxylic acids is 1. The summed E-state index contributed by atoms with van der Waals surface area (Å²) in [5.41, 5.74) is 1.01. The first-order chi connectivity index (χ1) is 12.7. The second-order valence-electron chi connectivity index (χ2n) is 7.04. The molecule has 6 heteroatoms. The zero-order chi connectivity index (χ0) is 18.4. The summed E-state index contributed by atoms with van der Waals surface area (Å²) in [5, 5.41) is 3.44. The van der Waals surface area contributed by atoms with E-state index in [1.54, 1.807) is 4.90 Å². The SMILES string of the molecule is CC(C)CCNc1cc(N2CCN(C=O)CC2)nc(-c2ccccc2)n1. The Kier molecular flexibility index (Phi) is 6.04. The van der Waals surface area contributed by atoms with Crippen LogP contribution in [0, 0.1) is 5.92 Å². The molecule has 1 fully saturated rings. The van der Waals surface area contributed by atoms with Gasteiger partial charge in [-0.25, -0.2) is 9.97 Å². The van der Waals surface area contributed by atoms with Crippen molar-refractivity contribution in [1.82, 2.24) is 14.9 Å². The number of anilines is 2. The monoisotopic (exact) mass is 353 g/mol. The van der Waals surface area contributed by atoms with Gasteiger partial charge in [0, 0.05) is 44.4 Å². The van der Waals surface area contributed by atoms with Crippen molar-refractivity contribution in [1.29, 1.82) is 0 Å². The van der Waals surface area contributed by atoms with Gasteiger partial charge in [0.15, 0.2) is 5.82 Å². The van der Waals surface area contributed by atoms with E-state index in [4.69, 9.17) is 9.97 Å². The molecule has 0 radical (unpaired) electrons. The summed E-state index contributed by atoms with van der Waals surface area (Å²) in [6, 6.07) is 12.1. The largest absolute Gasteiger partial charge is 0.370 e. The molecule has 0 spiro atoms. The summed E-state index contributed by atoms with van der Waals surface area (Å²) in [6.45, 7) is 8.35. The van der Waals surface area contributed by atoms with Gasteiger partial charge in [0.25, 0.3) is 0 Å². The van der Waals surface area contributed by atoms with Crippen LogP contribution in [0.4, 0.5) is 11.6 Å². The van der Waals surface area contributed by atoms with E-state index in [9.17, 15) is 4.79 Å². The molecule has 1 amide bonds. The fourth-order valence-electron chi connectivity index (χ4n) is 2.95. The third-order valence-corrected chi connectivity index (χ3v) is 4.56. The molecule has 0 aliphatic carbocycles. The predicted molar refractivity (Wildman–Crippen MR) is 105 cm³/mol. The number of aromatic nitrogens is 2. The van der Waals surface area contributed by atoms with Crippen molar-refractivity contribution >= 4 is 18.0 Å². The van der Waals surface area contributed by atoms with Crippen LogP contribution >= 0.6 is 0 Å². The summed E-state index contributed by atoms with van der Waals surface area (Å²) in [7, 11) is 0. The molecule has 1 N–H and O–H groups in total. The molecule has 1 aliphatic heterocycles. The van der Waals surface area contributed by atoms with Crippen molar-refractivity contribution < 1.29 is 4.79 Å². The molecule has 3 rings (SSSR count). The summed E-state index contributed by atoms with van der Waals surface area (Å²) in [6.07, 6.45) is 2.02. The quantitative estimate of drug-likeness (QED) is 0.776. The van der Waals surface area contributed by atoms with Crippen LogP contribution in [0.1, 0.15) is 20.3 Å². The summed E-state index contributed by atoms with van der Waals surface area (Å²) in [5.74, 6) is 3.14. The Morgan fingerprint density at radius 1 is 1.12 bits per heavy atom. The molecule has 0 bridgehead atoms. The average Bonchev–Trinajstić information content (AvgIpc) is 2.68. The zero-order valence-corrected chi connectivity index (χ0v) is 15.6. The molecule has 2 aromatic rings. The molecule has 0 unspecified atom stereocenters. The van der Waals surface area contributed by atoms with Crippen molar-refractivity contribution in [3.05, 3.63) is 36.4 Å². The smallest absolute Gasteiger partial charge is 0.209 e. The van der Waals surface area contributed by atoms with E-state index < -0.39 is 0 Å². The number of carbonyl (C=O) groups is 1. The summed E-state index contributed by atoms with van der Waals surface area (Å²) >= 11 is 0. The van der Waals surface area contributed by atoms with Gasteiger partial charge >= 0.3 is 0 Å². The number of amides is 1. The Balaban J connectivity index is 1.84. The van der Waals surface area contributed by atoms with Crippen LogP contribution in [0.25, 0.3) is 11.4 Å². The van der Waals surface area contributed by atoms with Crippen molar-refractivity contribution in [2.24, 2.45) is 5.92 Å².